The molecule has 1 unspecified atom stereocenters. The van der Waals surface area contributed by atoms with Gasteiger partial charge in [-0.1, -0.05) is 18.2 Å². The normalized spacial score (nSPS) is 19.0. The average molecular weight is 361 g/mol. The van der Waals surface area contributed by atoms with Crippen LogP contribution in [0.2, 0.25) is 0 Å². The zero-order valence-electron chi connectivity index (χ0n) is 13.7. The Balaban J connectivity index is 2.52. The Labute approximate surface area is 140 Å². The summed E-state index contributed by atoms with van der Waals surface area (Å²) < 4.78 is 60.2. The van der Waals surface area contributed by atoms with Crippen LogP contribution in [0.1, 0.15) is 26.2 Å². The summed E-state index contributed by atoms with van der Waals surface area (Å²) in [6.45, 7) is 1.75. The van der Waals surface area contributed by atoms with Crippen molar-refractivity contribution in [2.45, 2.75) is 41.9 Å². The highest BCUT2D eigenvalue weighted by Gasteiger charge is 2.64. The van der Waals surface area contributed by atoms with Crippen molar-refractivity contribution in [3.63, 3.8) is 0 Å². The first-order valence-electron chi connectivity index (χ1n) is 7.66. The molecule has 2 rings (SSSR count). The predicted molar refractivity (Wildman–Crippen MR) is 84.4 cm³/mol. The first kappa shape index (κ1) is 18.8. The Bertz CT molecular complexity index is 687. The van der Waals surface area contributed by atoms with Crippen LogP contribution in [0.5, 0.6) is 0 Å². The van der Waals surface area contributed by atoms with Crippen LogP contribution in [0.3, 0.4) is 0 Å². The Kier molecular flexibility index (Phi) is 5.29. The van der Waals surface area contributed by atoms with Crippen molar-refractivity contribution in [1.82, 2.24) is 4.90 Å². The standard InChI is InChI=1S/C16H21F2NO4S/c1-15(12-14(20)23-2,19-10-6-7-11-19)16(17,18)24(21,22)13-8-4-3-5-9-13/h3-5,8-9H,6-7,10-12H2,1-2H3. The van der Waals surface area contributed by atoms with Crippen LogP contribution in [0.25, 0.3) is 0 Å². The maximum Gasteiger partial charge on any atom is 0.368 e. The number of hydrogen-bond acceptors (Lipinski definition) is 5. The van der Waals surface area contributed by atoms with Gasteiger partial charge in [-0.25, -0.2) is 8.42 Å². The van der Waals surface area contributed by atoms with Crippen LogP contribution < -0.4 is 0 Å². The van der Waals surface area contributed by atoms with E-state index in [0.717, 1.165) is 26.2 Å². The number of likely N-dealkylation sites (tertiary alicyclic amines) is 1. The molecule has 0 amide bonds. The molecule has 1 fully saturated rings. The lowest BCUT2D eigenvalue weighted by molar-refractivity contribution is -0.150. The van der Waals surface area contributed by atoms with E-state index in [1.54, 1.807) is 6.07 Å². The minimum Gasteiger partial charge on any atom is -0.469 e. The summed E-state index contributed by atoms with van der Waals surface area (Å²) in [4.78, 5) is 12.6. The van der Waals surface area contributed by atoms with Crippen molar-refractivity contribution < 1.29 is 26.7 Å². The second-order valence-corrected chi connectivity index (χ2v) is 8.05. The summed E-state index contributed by atoms with van der Waals surface area (Å²) in [6, 6.07) is 6.58. The molecule has 1 aliphatic rings. The molecule has 0 bridgehead atoms. The number of hydrogen-bond donors (Lipinski definition) is 0. The number of methoxy groups -OCH3 is 1. The Morgan fingerprint density at radius 2 is 1.75 bits per heavy atom. The lowest BCUT2D eigenvalue weighted by Gasteiger charge is -2.42. The molecule has 0 spiro atoms. The smallest absolute Gasteiger partial charge is 0.368 e. The lowest BCUT2D eigenvalue weighted by atomic mass is 9.96. The number of sulfone groups is 1. The van der Waals surface area contributed by atoms with Gasteiger partial charge in [-0.2, -0.15) is 8.78 Å². The predicted octanol–water partition coefficient (Wildman–Crippen LogP) is 2.47. The van der Waals surface area contributed by atoms with Gasteiger partial charge in [0.1, 0.15) is 5.54 Å². The maximum absolute atomic E-state index is 15.2. The zero-order chi connectivity index (χ0) is 18.0. The molecule has 0 N–H and O–H groups in total. The highest BCUT2D eigenvalue weighted by atomic mass is 32.2. The molecule has 1 saturated heterocycles. The third-order valence-electron chi connectivity index (χ3n) is 4.54. The fraction of sp³-hybridized carbons (Fsp3) is 0.562. The minimum atomic E-state index is -4.97. The molecule has 0 aromatic heterocycles. The zero-order valence-corrected chi connectivity index (χ0v) is 14.5. The molecule has 134 valence electrons. The topological polar surface area (TPSA) is 63.7 Å². The first-order valence-corrected chi connectivity index (χ1v) is 9.14. The molecule has 1 atom stereocenters. The number of rotatable bonds is 6. The molecule has 0 saturated carbocycles. The molecule has 0 aliphatic carbocycles. The average Bonchev–Trinajstić information content (AvgIpc) is 3.10. The fourth-order valence-corrected chi connectivity index (χ4v) is 4.59. The van der Waals surface area contributed by atoms with E-state index in [9.17, 15) is 13.2 Å². The molecule has 1 heterocycles. The van der Waals surface area contributed by atoms with E-state index in [0.29, 0.717) is 25.9 Å². The van der Waals surface area contributed by atoms with E-state index in [4.69, 9.17) is 0 Å². The summed E-state index contributed by atoms with van der Waals surface area (Å²) in [6.07, 6.45) is 0.652. The Morgan fingerprint density at radius 1 is 1.21 bits per heavy atom. The lowest BCUT2D eigenvalue weighted by Crippen LogP contribution is -2.61. The number of nitrogens with zero attached hydrogens (tertiary/aromatic N) is 1. The van der Waals surface area contributed by atoms with Gasteiger partial charge in [0.2, 0.25) is 9.84 Å². The summed E-state index contributed by atoms with van der Waals surface area (Å²) in [5.74, 6) is -0.868. The maximum atomic E-state index is 15.2. The van der Waals surface area contributed by atoms with Crippen LogP contribution in [0.15, 0.2) is 35.2 Å². The molecule has 1 aliphatic heterocycles. The van der Waals surface area contributed by atoms with E-state index in [1.165, 1.54) is 17.0 Å². The van der Waals surface area contributed by atoms with E-state index < -0.39 is 37.9 Å². The fourth-order valence-electron chi connectivity index (χ4n) is 3.00. The van der Waals surface area contributed by atoms with Crippen molar-refractivity contribution in [2.24, 2.45) is 0 Å². The van der Waals surface area contributed by atoms with Gasteiger partial charge in [-0.15, -0.1) is 0 Å². The summed E-state index contributed by atoms with van der Waals surface area (Å²) in [5, 5.41) is -4.15. The van der Waals surface area contributed by atoms with Crippen molar-refractivity contribution in [2.75, 3.05) is 20.2 Å². The second kappa shape index (κ2) is 6.76. The van der Waals surface area contributed by atoms with E-state index in [2.05, 4.69) is 4.74 Å². The van der Waals surface area contributed by atoms with Crippen LogP contribution in [0.4, 0.5) is 8.78 Å². The second-order valence-electron chi connectivity index (χ2n) is 6.05. The molecule has 0 radical (unpaired) electrons. The quantitative estimate of drug-likeness (QED) is 0.729. The monoisotopic (exact) mass is 361 g/mol. The summed E-state index contributed by atoms with van der Waals surface area (Å²) in [7, 11) is -3.88. The third-order valence-corrected chi connectivity index (χ3v) is 6.55. The number of alkyl halides is 2. The molecule has 1 aromatic carbocycles. The summed E-state index contributed by atoms with van der Waals surface area (Å²) in [5.41, 5.74) is -2.18. The minimum absolute atomic E-state index is 0.313. The number of esters is 1. The van der Waals surface area contributed by atoms with Gasteiger partial charge in [-0.05, 0) is 45.0 Å². The molecule has 24 heavy (non-hydrogen) atoms. The van der Waals surface area contributed by atoms with Gasteiger partial charge in [0, 0.05) is 0 Å². The van der Waals surface area contributed by atoms with Crippen molar-refractivity contribution >= 4 is 15.8 Å². The molecule has 8 heteroatoms. The van der Waals surface area contributed by atoms with Crippen molar-refractivity contribution in [3.05, 3.63) is 30.3 Å². The van der Waals surface area contributed by atoms with Gasteiger partial charge < -0.3 is 4.74 Å². The molecular formula is C16H21F2NO4S. The molecule has 5 nitrogen and oxygen atoms in total. The van der Waals surface area contributed by atoms with Crippen LogP contribution in [0, 0.1) is 0 Å². The Morgan fingerprint density at radius 3 is 2.25 bits per heavy atom. The van der Waals surface area contributed by atoms with E-state index in [1.807, 2.05) is 0 Å². The van der Waals surface area contributed by atoms with Gasteiger partial charge in [0.05, 0.1) is 18.4 Å². The number of ether oxygens (including phenoxy) is 1. The van der Waals surface area contributed by atoms with Crippen LogP contribution in [-0.4, -0.2) is 50.3 Å². The van der Waals surface area contributed by atoms with E-state index in [-0.39, 0.29) is 0 Å². The Hall–Kier alpha value is -1.54. The highest BCUT2D eigenvalue weighted by molar-refractivity contribution is 7.92. The largest absolute Gasteiger partial charge is 0.469 e. The van der Waals surface area contributed by atoms with Crippen LogP contribution >= 0.6 is 0 Å². The highest BCUT2D eigenvalue weighted by Crippen LogP contribution is 2.45. The van der Waals surface area contributed by atoms with Gasteiger partial charge >= 0.3 is 11.2 Å². The molecule has 1 aromatic rings. The van der Waals surface area contributed by atoms with Gasteiger partial charge in [0.15, 0.2) is 0 Å². The van der Waals surface area contributed by atoms with Crippen molar-refractivity contribution in [3.8, 4) is 0 Å². The van der Waals surface area contributed by atoms with Gasteiger partial charge in [-0.3, -0.25) is 9.69 Å². The number of halogens is 2. The number of carbonyl (C=O) groups excluding carboxylic acids is 1. The van der Waals surface area contributed by atoms with Gasteiger partial charge in [0.25, 0.3) is 0 Å². The molecular weight excluding hydrogens is 340 g/mol. The third kappa shape index (κ3) is 3.04. The first-order chi connectivity index (χ1) is 11.2. The number of benzene rings is 1. The van der Waals surface area contributed by atoms with E-state index >= 15 is 8.78 Å². The van der Waals surface area contributed by atoms with Crippen molar-refractivity contribution in [1.29, 1.82) is 0 Å². The SMILES string of the molecule is COC(=O)CC(C)(N1CCCC1)C(F)(F)S(=O)(=O)c1ccccc1. The summed E-state index contributed by atoms with van der Waals surface area (Å²) >= 11 is 0. The number of carbonyl (C=O) groups is 1. The van der Waals surface area contributed by atoms with Crippen LogP contribution in [-0.2, 0) is 19.4 Å².